The molecule has 0 radical (unpaired) electrons. The minimum atomic E-state index is -0.832. The van der Waals surface area contributed by atoms with E-state index in [0.717, 1.165) is 24.8 Å². The zero-order valence-electron chi connectivity index (χ0n) is 20.2. The van der Waals surface area contributed by atoms with Crippen LogP contribution in [0.25, 0.3) is 0 Å². The van der Waals surface area contributed by atoms with Gasteiger partial charge in [0.2, 0.25) is 5.91 Å². The van der Waals surface area contributed by atoms with Gasteiger partial charge in [0, 0.05) is 17.4 Å². The van der Waals surface area contributed by atoms with Gasteiger partial charge in [-0.25, -0.2) is 4.79 Å². The lowest BCUT2D eigenvalue weighted by Gasteiger charge is -2.55. The van der Waals surface area contributed by atoms with Gasteiger partial charge < -0.3 is 14.8 Å². The fourth-order valence-electron chi connectivity index (χ4n) is 6.84. The van der Waals surface area contributed by atoms with Gasteiger partial charge >= 0.3 is 5.97 Å². The predicted octanol–water partition coefficient (Wildman–Crippen LogP) is 4.37. The number of rotatable bonds is 9. The Morgan fingerprint density at radius 1 is 0.914 bits per heavy atom. The summed E-state index contributed by atoms with van der Waals surface area (Å²) in [4.78, 5) is 39.3. The molecule has 0 heterocycles. The van der Waals surface area contributed by atoms with Crippen LogP contribution in [0.4, 0.5) is 0 Å². The molecule has 0 aliphatic heterocycles. The molecule has 0 unspecified atom stereocenters. The SMILES string of the molecule is COc1ccc(C(=O)COC(=O)[C@@H](Cc2ccccc2)NC(=O)C23CC4CC(CC(C4)C2)C3)cc1. The van der Waals surface area contributed by atoms with Crippen molar-refractivity contribution < 1.29 is 23.9 Å². The van der Waals surface area contributed by atoms with Crippen LogP contribution in [-0.4, -0.2) is 37.4 Å². The molecule has 2 aromatic carbocycles. The largest absolute Gasteiger partial charge is 0.497 e. The topological polar surface area (TPSA) is 81.7 Å². The lowest BCUT2D eigenvalue weighted by molar-refractivity contribution is -0.153. The minimum Gasteiger partial charge on any atom is -0.497 e. The van der Waals surface area contributed by atoms with E-state index in [1.807, 2.05) is 30.3 Å². The van der Waals surface area contributed by atoms with Crippen molar-refractivity contribution in [2.45, 2.75) is 51.0 Å². The molecular weight excluding hydrogens is 442 g/mol. The molecule has 1 amide bonds. The standard InChI is InChI=1S/C29H33NO5/c1-34-24-9-7-23(8-10-24)26(31)18-35-27(32)25(14-19-5-3-2-4-6-19)30-28(33)29-15-20-11-21(16-29)13-22(12-20)17-29/h2-10,20-22,25H,11-18H2,1H3,(H,30,33)/t20?,21?,22?,25-,29?/m1/s1. The third-order valence-electron chi connectivity index (χ3n) is 8.15. The van der Waals surface area contributed by atoms with Crippen LogP contribution < -0.4 is 10.1 Å². The Labute approximate surface area is 206 Å². The monoisotopic (exact) mass is 475 g/mol. The Morgan fingerprint density at radius 2 is 1.51 bits per heavy atom. The highest BCUT2D eigenvalue weighted by Gasteiger charge is 2.55. The van der Waals surface area contributed by atoms with Crippen LogP contribution >= 0.6 is 0 Å². The first-order valence-electron chi connectivity index (χ1n) is 12.6. The number of carbonyl (C=O) groups is 3. The van der Waals surface area contributed by atoms with Crippen LogP contribution in [0.5, 0.6) is 5.75 Å². The quantitative estimate of drug-likeness (QED) is 0.430. The molecule has 4 aliphatic carbocycles. The van der Waals surface area contributed by atoms with Crippen molar-refractivity contribution in [2.75, 3.05) is 13.7 Å². The van der Waals surface area contributed by atoms with Crippen molar-refractivity contribution in [1.82, 2.24) is 5.32 Å². The number of hydrogen-bond donors (Lipinski definition) is 1. The fourth-order valence-corrected chi connectivity index (χ4v) is 6.84. The van der Waals surface area contributed by atoms with E-state index in [9.17, 15) is 14.4 Å². The molecule has 0 saturated heterocycles. The molecule has 35 heavy (non-hydrogen) atoms. The van der Waals surface area contributed by atoms with E-state index < -0.39 is 12.0 Å². The molecule has 0 aromatic heterocycles. The summed E-state index contributed by atoms with van der Waals surface area (Å²) in [5, 5.41) is 3.06. The summed E-state index contributed by atoms with van der Waals surface area (Å²) in [5.74, 6) is 1.65. The summed E-state index contributed by atoms with van der Waals surface area (Å²) < 4.78 is 10.6. The second-order valence-electron chi connectivity index (χ2n) is 10.7. The molecule has 2 aromatic rings. The van der Waals surface area contributed by atoms with E-state index in [1.165, 1.54) is 19.3 Å². The molecule has 6 heteroatoms. The van der Waals surface area contributed by atoms with E-state index in [4.69, 9.17) is 9.47 Å². The van der Waals surface area contributed by atoms with Crippen LogP contribution in [0.15, 0.2) is 54.6 Å². The average Bonchev–Trinajstić information content (AvgIpc) is 2.86. The average molecular weight is 476 g/mol. The first-order chi connectivity index (χ1) is 16.9. The Morgan fingerprint density at radius 3 is 2.09 bits per heavy atom. The summed E-state index contributed by atoms with van der Waals surface area (Å²) >= 11 is 0. The molecule has 4 fully saturated rings. The number of carbonyl (C=O) groups excluding carboxylic acids is 3. The molecule has 4 aliphatic rings. The second-order valence-corrected chi connectivity index (χ2v) is 10.7. The number of ketones is 1. The van der Waals surface area contributed by atoms with Crippen molar-refractivity contribution in [3.8, 4) is 5.75 Å². The van der Waals surface area contributed by atoms with Gasteiger partial charge in [-0.15, -0.1) is 0 Å². The highest BCUT2D eigenvalue weighted by molar-refractivity contribution is 5.98. The Hall–Kier alpha value is -3.15. The predicted molar refractivity (Wildman–Crippen MR) is 131 cm³/mol. The van der Waals surface area contributed by atoms with Gasteiger partial charge in [0.25, 0.3) is 0 Å². The molecule has 1 atom stereocenters. The number of ether oxygens (including phenoxy) is 2. The van der Waals surface area contributed by atoms with Gasteiger partial charge in [-0.1, -0.05) is 30.3 Å². The summed E-state index contributed by atoms with van der Waals surface area (Å²) in [6.45, 7) is -0.371. The van der Waals surface area contributed by atoms with Crippen LogP contribution in [0.2, 0.25) is 0 Å². The number of nitrogens with one attached hydrogen (secondary N) is 1. The fraction of sp³-hybridized carbons (Fsp3) is 0.483. The van der Waals surface area contributed by atoms with E-state index >= 15 is 0 Å². The van der Waals surface area contributed by atoms with Gasteiger partial charge in [0.15, 0.2) is 12.4 Å². The minimum absolute atomic E-state index is 0.0176. The van der Waals surface area contributed by atoms with Gasteiger partial charge in [-0.05, 0) is 86.1 Å². The number of esters is 1. The number of hydrogen-bond acceptors (Lipinski definition) is 5. The van der Waals surface area contributed by atoms with Crippen molar-refractivity contribution in [2.24, 2.45) is 23.2 Å². The molecular formula is C29H33NO5. The summed E-state index contributed by atoms with van der Waals surface area (Å²) in [7, 11) is 1.56. The number of Topliss-reactive ketones (excluding diaryl/α,β-unsaturated/α-hetero) is 1. The molecule has 4 saturated carbocycles. The first-order valence-corrected chi connectivity index (χ1v) is 12.6. The second kappa shape index (κ2) is 9.84. The van der Waals surface area contributed by atoms with Gasteiger partial charge in [0.05, 0.1) is 7.11 Å². The van der Waals surface area contributed by atoms with E-state index in [-0.39, 0.29) is 23.7 Å². The molecule has 1 N–H and O–H groups in total. The highest BCUT2D eigenvalue weighted by Crippen LogP contribution is 2.60. The Balaban J connectivity index is 1.27. The maximum atomic E-state index is 13.6. The zero-order chi connectivity index (χ0) is 24.4. The number of amides is 1. The summed E-state index contributed by atoms with van der Waals surface area (Å²) in [5.41, 5.74) is 1.01. The first kappa shape index (κ1) is 23.6. The van der Waals surface area contributed by atoms with E-state index in [2.05, 4.69) is 5.32 Å². The highest BCUT2D eigenvalue weighted by atomic mass is 16.5. The van der Waals surface area contributed by atoms with Crippen molar-refractivity contribution >= 4 is 17.7 Å². The van der Waals surface area contributed by atoms with Gasteiger partial charge in [-0.2, -0.15) is 0 Å². The zero-order valence-corrected chi connectivity index (χ0v) is 20.2. The van der Waals surface area contributed by atoms with Crippen molar-refractivity contribution in [3.05, 3.63) is 65.7 Å². The Bertz CT molecular complexity index is 1040. The molecule has 184 valence electrons. The summed E-state index contributed by atoms with van der Waals surface area (Å²) in [6.07, 6.45) is 6.84. The lowest BCUT2D eigenvalue weighted by Crippen LogP contribution is -2.56. The van der Waals surface area contributed by atoms with Crippen LogP contribution in [0, 0.1) is 23.2 Å². The smallest absolute Gasteiger partial charge is 0.329 e. The van der Waals surface area contributed by atoms with E-state index in [0.29, 0.717) is 35.5 Å². The summed E-state index contributed by atoms with van der Waals surface area (Å²) in [6, 6.07) is 15.4. The molecule has 0 spiro atoms. The van der Waals surface area contributed by atoms with Crippen molar-refractivity contribution in [3.63, 3.8) is 0 Å². The third-order valence-corrected chi connectivity index (χ3v) is 8.15. The normalized spacial score (nSPS) is 27.2. The maximum absolute atomic E-state index is 13.6. The third kappa shape index (κ3) is 5.12. The van der Waals surface area contributed by atoms with E-state index in [1.54, 1.807) is 31.4 Å². The molecule has 6 rings (SSSR count). The Kier molecular flexibility index (Phi) is 6.63. The van der Waals surface area contributed by atoms with Gasteiger partial charge in [0.1, 0.15) is 11.8 Å². The number of benzene rings is 2. The maximum Gasteiger partial charge on any atom is 0.329 e. The molecule has 4 bridgehead atoms. The van der Waals surface area contributed by atoms with Crippen LogP contribution in [0.1, 0.15) is 54.4 Å². The van der Waals surface area contributed by atoms with Crippen LogP contribution in [0.3, 0.4) is 0 Å². The van der Waals surface area contributed by atoms with Crippen LogP contribution in [-0.2, 0) is 20.7 Å². The number of methoxy groups -OCH3 is 1. The lowest BCUT2D eigenvalue weighted by atomic mass is 9.49. The van der Waals surface area contributed by atoms with Crippen molar-refractivity contribution in [1.29, 1.82) is 0 Å². The molecule has 6 nitrogen and oxygen atoms in total. The van der Waals surface area contributed by atoms with Gasteiger partial charge in [-0.3, -0.25) is 9.59 Å².